The third-order valence-electron chi connectivity index (χ3n) is 3.66. The van der Waals surface area contributed by atoms with Crippen LogP contribution in [0.25, 0.3) is 0 Å². The van der Waals surface area contributed by atoms with Crippen LogP contribution in [0, 0.1) is 17.6 Å². The number of rotatable bonds is 4. The third kappa shape index (κ3) is 4.17. The number of halogens is 4. The molecule has 0 aliphatic carbocycles. The lowest BCUT2D eigenvalue weighted by Crippen LogP contribution is -2.40. The Morgan fingerprint density at radius 3 is 2.41 bits per heavy atom. The molecule has 0 bridgehead atoms. The smallest absolute Gasteiger partial charge is 0.246 e. The molecular weight excluding hydrogens is 402 g/mol. The number of hydrogen-bond donors (Lipinski definition) is 1. The van der Waals surface area contributed by atoms with Crippen LogP contribution in [-0.4, -0.2) is 39.4 Å². The van der Waals surface area contributed by atoms with Gasteiger partial charge in [0.05, 0.1) is 4.47 Å². The lowest BCUT2D eigenvalue weighted by molar-refractivity contribution is 0.270. The molecule has 0 spiro atoms. The highest BCUT2D eigenvalue weighted by Crippen LogP contribution is 2.28. The van der Waals surface area contributed by atoms with Crippen LogP contribution in [0.2, 0.25) is 0 Å². The van der Waals surface area contributed by atoms with E-state index < -0.39 is 26.6 Å². The van der Waals surface area contributed by atoms with Gasteiger partial charge in [-0.05, 0) is 54.3 Å². The maximum absolute atomic E-state index is 13.8. The van der Waals surface area contributed by atoms with E-state index in [2.05, 4.69) is 21.2 Å². The number of benzene rings is 1. The second-order valence-corrected chi connectivity index (χ2v) is 7.86. The summed E-state index contributed by atoms with van der Waals surface area (Å²) >= 11 is 2.89. The number of nitrogens with zero attached hydrogens (tertiary/aromatic N) is 1. The van der Waals surface area contributed by atoms with Gasteiger partial charge in [0.15, 0.2) is 0 Å². The molecule has 1 aliphatic rings. The minimum absolute atomic E-state index is 0. The molecule has 1 aromatic rings. The fraction of sp³-hybridized carbons (Fsp3) is 0.538. The van der Waals surface area contributed by atoms with Crippen LogP contribution in [-0.2, 0) is 10.0 Å². The first-order valence-corrected chi connectivity index (χ1v) is 8.89. The molecule has 1 fully saturated rings. The van der Waals surface area contributed by atoms with Crippen molar-refractivity contribution in [3.63, 3.8) is 0 Å². The molecule has 1 saturated heterocycles. The first-order valence-electron chi connectivity index (χ1n) is 6.65. The Bertz CT molecular complexity index is 623. The van der Waals surface area contributed by atoms with Gasteiger partial charge in [-0.15, -0.1) is 12.4 Å². The van der Waals surface area contributed by atoms with Crippen LogP contribution in [0.15, 0.2) is 21.5 Å². The molecule has 0 unspecified atom stereocenters. The molecule has 22 heavy (non-hydrogen) atoms. The molecule has 0 radical (unpaired) electrons. The van der Waals surface area contributed by atoms with Gasteiger partial charge in [0.1, 0.15) is 16.5 Å². The Hall–Kier alpha value is -0.280. The highest BCUT2D eigenvalue weighted by atomic mass is 79.9. The molecule has 0 atom stereocenters. The Morgan fingerprint density at radius 2 is 1.86 bits per heavy atom. The average Bonchev–Trinajstić information content (AvgIpc) is 2.43. The van der Waals surface area contributed by atoms with E-state index in [0.29, 0.717) is 25.1 Å². The maximum Gasteiger partial charge on any atom is 0.246 e. The van der Waals surface area contributed by atoms with E-state index >= 15 is 0 Å². The standard InChI is InChI=1S/C13H17BrF2N2O2S.ClH/c1-17-8-9-2-4-18(5-3-9)21(19,20)13-6-10(14)11(15)7-12(13)16;/h6-7,9,17H,2-5,8H2,1H3;1H. The quantitative estimate of drug-likeness (QED) is 0.764. The van der Waals surface area contributed by atoms with Crippen molar-refractivity contribution in [3.05, 3.63) is 28.2 Å². The highest BCUT2D eigenvalue weighted by Gasteiger charge is 2.31. The Morgan fingerprint density at radius 1 is 1.27 bits per heavy atom. The van der Waals surface area contributed by atoms with Crippen LogP contribution in [0.5, 0.6) is 0 Å². The fourth-order valence-corrected chi connectivity index (χ4v) is 4.52. The summed E-state index contributed by atoms with van der Waals surface area (Å²) in [5, 5.41) is 3.07. The van der Waals surface area contributed by atoms with Crippen LogP contribution in [0.3, 0.4) is 0 Å². The van der Waals surface area contributed by atoms with Gasteiger partial charge < -0.3 is 5.32 Å². The van der Waals surface area contributed by atoms with E-state index in [4.69, 9.17) is 0 Å². The van der Waals surface area contributed by atoms with Crippen molar-refractivity contribution in [1.29, 1.82) is 0 Å². The summed E-state index contributed by atoms with van der Waals surface area (Å²) in [5.41, 5.74) is 0. The van der Waals surface area contributed by atoms with Crippen molar-refractivity contribution in [3.8, 4) is 0 Å². The van der Waals surface area contributed by atoms with E-state index in [1.807, 2.05) is 7.05 Å². The number of sulfonamides is 1. The molecule has 0 aromatic heterocycles. The number of nitrogens with one attached hydrogen (secondary N) is 1. The average molecular weight is 420 g/mol. The van der Waals surface area contributed by atoms with Crippen molar-refractivity contribution in [1.82, 2.24) is 9.62 Å². The monoisotopic (exact) mass is 418 g/mol. The molecule has 0 saturated carbocycles. The van der Waals surface area contributed by atoms with E-state index in [-0.39, 0.29) is 16.9 Å². The van der Waals surface area contributed by atoms with E-state index in [1.54, 1.807) is 0 Å². The van der Waals surface area contributed by atoms with Gasteiger partial charge in [-0.3, -0.25) is 0 Å². The second kappa shape index (κ2) is 8.01. The van der Waals surface area contributed by atoms with Crippen LogP contribution < -0.4 is 5.32 Å². The Balaban J connectivity index is 0.00000242. The molecule has 1 N–H and O–H groups in total. The molecule has 0 amide bonds. The zero-order valence-electron chi connectivity index (χ0n) is 12.0. The lowest BCUT2D eigenvalue weighted by Gasteiger charge is -2.31. The minimum atomic E-state index is -3.93. The first kappa shape index (κ1) is 19.8. The van der Waals surface area contributed by atoms with Crippen molar-refractivity contribution in [2.45, 2.75) is 17.7 Å². The van der Waals surface area contributed by atoms with Gasteiger partial charge in [0.25, 0.3) is 0 Å². The summed E-state index contributed by atoms with van der Waals surface area (Å²) in [6.07, 6.45) is 1.45. The summed E-state index contributed by atoms with van der Waals surface area (Å²) in [6.45, 7) is 1.54. The van der Waals surface area contributed by atoms with Crippen molar-refractivity contribution in [2.24, 2.45) is 5.92 Å². The normalized spacial score (nSPS) is 17.3. The molecule has 1 aromatic carbocycles. The minimum Gasteiger partial charge on any atom is -0.319 e. The molecule has 1 heterocycles. The van der Waals surface area contributed by atoms with Gasteiger partial charge in [-0.1, -0.05) is 0 Å². The predicted octanol–water partition coefficient (Wildman–Crippen LogP) is 2.77. The summed E-state index contributed by atoms with van der Waals surface area (Å²) in [4.78, 5) is -0.483. The largest absolute Gasteiger partial charge is 0.319 e. The van der Waals surface area contributed by atoms with Gasteiger partial charge >= 0.3 is 0 Å². The van der Waals surface area contributed by atoms with Crippen LogP contribution in [0.1, 0.15) is 12.8 Å². The van der Waals surface area contributed by atoms with Crippen molar-refractivity contribution < 1.29 is 17.2 Å². The lowest BCUT2D eigenvalue weighted by atomic mass is 9.98. The van der Waals surface area contributed by atoms with E-state index in [1.165, 1.54) is 4.31 Å². The highest BCUT2D eigenvalue weighted by molar-refractivity contribution is 9.10. The summed E-state index contributed by atoms with van der Waals surface area (Å²) in [5.74, 6) is -1.46. The fourth-order valence-electron chi connectivity index (χ4n) is 2.48. The van der Waals surface area contributed by atoms with Crippen LogP contribution in [0.4, 0.5) is 8.78 Å². The Labute approximate surface area is 143 Å². The van der Waals surface area contributed by atoms with Crippen LogP contribution >= 0.6 is 28.3 Å². The molecule has 9 heteroatoms. The van der Waals surface area contributed by atoms with Crippen molar-refractivity contribution in [2.75, 3.05) is 26.7 Å². The Kier molecular flexibility index (Phi) is 7.20. The summed E-state index contributed by atoms with van der Waals surface area (Å²) < 4.78 is 53.2. The predicted molar refractivity (Wildman–Crippen MR) is 86.7 cm³/mol. The molecule has 4 nitrogen and oxygen atoms in total. The molecular formula is C13H18BrClF2N2O2S. The van der Waals surface area contributed by atoms with Crippen molar-refractivity contribution >= 4 is 38.4 Å². The topological polar surface area (TPSA) is 49.4 Å². The molecule has 2 rings (SSSR count). The third-order valence-corrected chi connectivity index (χ3v) is 6.18. The summed E-state index contributed by atoms with van der Waals surface area (Å²) in [7, 11) is -2.07. The zero-order valence-corrected chi connectivity index (χ0v) is 15.2. The van der Waals surface area contributed by atoms with Gasteiger partial charge in [0, 0.05) is 19.2 Å². The van der Waals surface area contributed by atoms with Gasteiger partial charge in [0.2, 0.25) is 10.0 Å². The second-order valence-electron chi connectivity index (χ2n) is 5.10. The van der Waals surface area contributed by atoms with E-state index in [9.17, 15) is 17.2 Å². The van der Waals surface area contributed by atoms with E-state index in [0.717, 1.165) is 25.5 Å². The SMILES string of the molecule is CNCC1CCN(S(=O)(=O)c2cc(Br)c(F)cc2F)CC1.Cl. The van der Waals surface area contributed by atoms with Gasteiger partial charge in [-0.2, -0.15) is 4.31 Å². The molecule has 1 aliphatic heterocycles. The number of piperidine rings is 1. The molecule has 126 valence electrons. The number of hydrogen-bond acceptors (Lipinski definition) is 3. The summed E-state index contributed by atoms with van der Waals surface area (Å²) in [6, 6.07) is 1.57. The van der Waals surface area contributed by atoms with Gasteiger partial charge in [-0.25, -0.2) is 17.2 Å². The zero-order chi connectivity index (χ0) is 15.6. The maximum atomic E-state index is 13.8. The first-order chi connectivity index (χ1) is 9.86.